The van der Waals surface area contributed by atoms with Crippen LogP contribution in [0.1, 0.15) is 53.7 Å². The Morgan fingerprint density at radius 2 is 1.79 bits per heavy atom. The number of ether oxygens (including phenoxy) is 1. The maximum Gasteiger partial charge on any atom is 0.329 e. The Labute approximate surface area is 258 Å². The second kappa shape index (κ2) is 14.3. The highest BCUT2D eigenvalue weighted by atomic mass is 35.5. The lowest BCUT2D eigenvalue weighted by molar-refractivity contribution is -0.146. The molecule has 8 nitrogen and oxygen atoms in total. The monoisotopic (exact) mass is 615 g/mol. The van der Waals surface area contributed by atoms with Crippen LogP contribution in [0.15, 0.2) is 48.5 Å². The first-order valence-corrected chi connectivity index (χ1v) is 14.3. The third-order valence-corrected chi connectivity index (χ3v) is 7.91. The van der Waals surface area contributed by atoms with E-state index < -0.39 is 23.5 Å². The minimum atomic E-state index is -1.45. The molecule has 0 spiro atoms. The molecule has 10 heteroatoms. The van der Waals surface area contributed by atoms with E-state index in [0.717, 1.165) is 40.8 Å². The van der Waals surface area contributed by atoms with Crippen LogP contribution in [-0.4, -0.2) is 70.9 Å². The van der Waals surface area contributed by atoms with Crippen molar-refractivity contribution >= 4 is 35.9 Å². The topological polar surface area (TPSA) is 112 Å². The van der Waals surface area contributed by atoms with Gasteiger partial charge in [-0.3, -0.25) is 4.79 Å². The SMILES string of the molecule is Cc1ccc(C)c(-c2ccc(C(=O)NC3(C(=O)O)CCC(O)CC3)nc2-c2ccc(Cl)c(OCCCN(C)C)c2)c1.Cl. The maximum absolute atomic E-state index is 13.5. The fourth-order valence-corrected chi connectivity index (χ4v) is 5.31. The minimum absolute atomic E-state index is 0. The molecule has 4 rings (SSSR count). The number of aliphatic hydroxyl groups excluding tert-OH is 1. The molecule has 0 unspecified atom stereocenters. The number of aryl methyl sites for hydroxylation is 2. The molecule has 0 bridgehead atoms. The Balaban J connectivity index is 0.00000484. The van der Waals surface area contributed by atoms with Crippen LogP contribution >= 0.6 is 24.0 Å². The highest BCUT2D eigenvalue weighted by molar-refractivity contribution is 6.32. The number of hydrogen-bond donors (Lipinski definition) is 3. The zero-order valence-electron chi connectivity index (χ0n) is 24.4. The highest BCUT2D eigenvalue weighted by Gasteiger charge is 2.43. The van der Waals surface area contributed by atoms with Gasteiger partial charge < -0.3 is 25.2 Å². The van der Waals surface area contributed by atoms with Gasteiger partial charge in [-0.05, 0) is 95.4 Å². The molecule has 3 aromatic rings. The van der Waals surface area contributed by atoms with E-state index in [0.29, 0.717) is 35.9 Å². The molecule has 0 aliphatic heterocycles. The molecule has 0 saturated heterocycles. The molecular weight excluding hydrogens is 577 g/mol. The summed E-state index contributed by atoms with van der Waals surface area (Å²) in [6, 6.07) is 15.1. The van der Waals surface area contributed by atoms with Gasteiger partial charge >= 0.3 is 5.97 Å². The molecule has 1 saturated carbocycles. The molecule has 1 amide bonds. The summed E-state index contributed by atoms with van der Waals surface area (Å²) in [5.74, 6) is -1.16. The van der Waals surface area contributed by atoms with Crippen molar-refractivity contribution < 1.29 is 24.5 Å². The fraction of sp³-hybridized carbons (Fsp3) is 0.406. The zero-order chi connectivity index (χ0) is 29.7. The van der Waals surface area contributed by atoms with E-state index in [4.69, 9.17) is 21.3 Å². The van der Waals surface area contributed by atoms with Gasteiger partial charge in [0, 0.05) is 17.7 Å². The summed E-state index contributed by atoms with van der Waals surface area (Å²) in [5.41, 5.74) is 3.88. The molecular formula is C32H39Cl2N3O5. The summed E-state index contributed by atoms with van der Waals surface area (Å²) in [7, 11) is 4.01. The van der Waals surface area contributed by atoms with Gasteiger partial charge in [-0.15, -0.1) is 12.4 Å². The first-order valence-electron chi connectivity index (χ1n) is 13.9. The number of nitrogens with zero attached hydrogens (tertiary/aromatic N) is 2. The number of aliphatic hydroxyl groups is 1. The average Bonchev–Trinajstić information content (AvgIpc) is 2.94. The van der Waals surface area contributed by atoms with Gasteiger partial charge in [0.15, 0.2) is 0 Å². The van der Waals surface area contributed by atoms with Crippen molar-refractivity contribution in [2.75, 3.05) is 27.2 Å². The van der Waals surface area contributed by atoms with Crippen molar-refractivity contribution in [3.8, 4) is 28.1 Å². The molecule has 2 aromatic carbocycles. The third kappa shape index (κ3) is 7.81. The number of aliphatic carboxylic acids is 1. The lowest BCUT2D eigenvalue weighted by Crippen LogP contribution is -2.57. The number of hydrogen-bond acceptors (Lipinski definition) is 6. The molecule has 1 aliphatic carbocycles. The Bertz CT molecular complexity index is 1420. The van der Waals surface area contributed by atoms with Crippen LogP contribution in [0.25, 0.3) is 22.4 Å². The van der Waals surface area contributed by atoms with Crippen molar-refractivity contribution in [1.82, 2.24) is 15.2 Å². The number of nitrogens with one attached hydrogen (secondary N) is 1. The normalized spacial score (nSPS) is 18.3. The lowest BCUT2D eigenvalue weighted by Gasteiger charge is -2.35. The predicted molar refractivity (Wildman–Crippen MR) is 168 cm³/mol. The maximum atomic E-state index is 13.5. The van der Waals surface area contributed by atoms with E-state index in [1.54, 1.807) is 12.1 Å². The number of rotatable bonds is 10. The summed E-state index contributed by atoms with van der Waals surface area (Å²) in [4.78, 5) is 32.6. The van der Waals surface area contributed by atoms with Gasteiger partial charge in [-0.25, -0.2) is 9.78 Å². The van der Waals surface area contributed by atoms with E-state index in [-0.39, 0.29) is 30.9 Å². The summed E-state index contributed by atoms with van der Waals surface area (Å²) in [6.45, 7) is 5.41. The van der Waals surface area contributed by atoms with Crippen LogP contribution in [0.3, 0.4) is 0 Å². The van der Waals surface area contributed by atoms with Gasteiger partial charge in [0.2, 0.25) is 0 Å². The van der Waals surface area contributed by atoms with E-state index >= 15 is 0 Å². The van der Waals surface area contributed by atoms with Crippen molar-refractivity contribution in [1.29, 1.82) is 0 Å². The molecule has 0 radical (unpaired) electrons. The molecule has 3 N–H and O–H groups in total. The molecule has 1 heterocycles. The molecule has 1 aromatic heterocycles. The number of halogens is 2. The van der Waals surface area contributed by atoms with Crippen LogP contribution in [-0.2, 0) is 4.79 Å². The Morgan fingerprint density at radius 1 is 1.07 bits per heavy atom. The fourth-order valence-electron chi connectivity index (χ4n) is 5.14. The molecule has 1 fully saturated rings. The van der Waals surface area contributed by atoms with Crippen LogP contribution in [0.2, 0.25) is 5.02 Å². The van der Waals surface area contributed by atoms with Crippen LogP contribution < -0.4 is 10.1 Å². The number of aromatic nitrogens is 1. The Hall–Kier alpha value is -3.17. The van der Waals surface area contributed by atoms with Gasteiger partial charge in [0.1, 0.15) is 17.0 Å². The largest absolute Gasteiger partial charge is 0.492 e. The lowest BCUT2D eigenvalue weighted by atomic mass is 9.80. The molecule has 42 heavy (non-hydrogen) atoms. The van der Waals surface area contributed by atoms with Gasteiger partial charge in [-0.2, -0.15) is 0 Å². The molecule has 1 aliphatic rings. The molecule has 226 valence electrons. The second-order valence-corrected chi connectivity index (χ2v) is 11.5. The van der Waals surface area contributed by atoms with Crippen molar-refractivity contribution in [2.24, 2.45) is 0 Å². The first-order chi connectivity index (χ1) is 19.5. The quantitative estimate of drug-likeness (QED) is 0.242. The van der Waals surface area contributed by atoms with Crippen molar-refractivity contribution in [3.05, 3.63) is 70.4 Å². The standard InChI is InChI=1S/C32H38ClN3O5.ClH/c1-20-6-7-21(2)25(18-20)24-9-11-27(30(38)35-32(31(39)40)14-12-23(37)13-15-32)34-29(24)22-8-10-26(33)28(19-22)41-17-5-16-36(3)4;/h6-11,18-19,23,37H,5,12-17H2,1-4H3,(H,35,38)(H,39,40);1H. The summed E-state index contributed by atoms with van der Waals surface area (Å²) in [6.07, 6.45) is 1.17. The molecule has 0 atom stereocenters. The van der Waals surface area contributed by atoms with E-state index in [9.17, 15) is 19.8 Å². The minimum Gasteiger partial charge on any atom is -0.492 e. The number of carboxylic acids is 1. The van der Waals surface area contributed by atoms with Crippen LogP contribution in [0.4, 0.5) is 0 Å². The van der Waals surface area contributed by atoms with Gasteiger partial charge in [0.25, 0.3) is 5.91 Å². The average molecular weight is 617 g/mol. The number of carboxylic acid groups (broad SMARTS) is 1. The van der Waals surface area contributed by atoms with Crippen LogP contribution in [0.5, 0.6) is 5.75 Å². The zero-order valence-corrected chi connectivity index (χ0v) is 26.0. The number of pyridine rings is 1. The van der Waals surface area contributed by atoms with Gasteiger partial charge in [0.05, 0.1) is 23.4 Å². The Kier molecular flexibility index (Phi) is 11.4. The van der Waals surface area contributed by atoms with Crippen LogP contribution in [0, 0.1) is 13.8 Å². The van der Waals surface area contributed by atoms with Crippen molar-refractivity contribution in [2.45, 2.75) is 57.6 Å². The third-order valence-electron chi connectivity index (χ3n) is 7.59. The number of amides is 1. The number of carbonyl (C=O) groups excluding carboxylic acids is 1. The van der Waals surface area contributed by atoms with E-state index in [1.165, 1.54) is 0 Å². The second-order valence-electron chi connectivity index (χ2n) is 11.1. The van der Waals surface area contributed by atoms with E-state index in [2.05, 4.69) is 16.3 Å². The van der Waals surface area contributed by atoms with Gasteiger partial charge in [-0.1, -0.05) is 41.4 Å². The smallest absolute Gasteiger partial charge is 0.329 e. The number of benzene rings is 2. The van der Waals surface area contributed by atoms with E-state index in [1.807, 2.05) is 58.3 Å². The summed E-state index contributed by atoms with van der Waals surface area (Å²) >= 11 is 6.48. The number of carbonyl (C=O) groups is 2. The summed E-state index contributed by atoms with van der Waals surface area (Å²) in [5, 5.41) is 23.1. The van der Waals surface area contributed by atoms with Crippen molar-refractivity contribution in [3.63, 3.8) is 0 Å². The summed E-state index contributed by atoms with van der Waals surface area (Å²) < 4.78 is 6.01. The Morgan fingerprint density at radius 3 is 2.45 bits per heavy atom. The first kappa shape index (κ1) is 33.3. The predicted octanol–water partition coefficient (Wildman–Crippen LogP) is 5.93. The highest BCUT2D eigenvalue weighted by Crippen LogP contribution is 2.37.